The van der Waals surface area contributed by atoms with Crippen LogP contribution in [0.25, 0.3) is 0 Å². The molecule has 0 fully saturated rings. The molecule has 0 N–H and O–H groups in total. The number of hydrogen-bond acceptors (Lipinski definition) is 2. The molecule has 0 amide bonds. The molecule has 92 valence electrons. The third kappa shape index (κ3) is 4.43. The zero-order chi connectivity index (χ0) is 12.8. The first-order valence-electron chi connectivity index (χ1n) is 5.94. The summed E-state index contributed by atoms with van der Waals surface area (Å²) < 4.78 is 5.36. The minimum Gasteiger partial charge on any atom is -0.454 e. The molecule has 1 atom stereocenters. The van der Waals surface area contributed by atoms with Crippen LogP contribution in [0.15, 0.2) is 42.5 Å². The second kappa shape index (κ2) is 6.24. The fourth-order valence-corrected chi connectivity index (χ4v) is 1.61. The average Bonchev–Trinajstić information content (AvgIpc) is 2.29. The molecule has 1 aromatic carbocycles. The second-order valence-electron chi connectivity index (χ2n) is 4.66. The van der Waals surface area contributed by atoms with E-state index in [-0.39, 0.29) is 12.1 Å². The predicted octanol–water partition coefficient (Wildman–Crippen LogP) is 3.89. The molecule has 0 heterocycles. The first-order valence-corrected chi connectivity index (χ1v) is 5.94. The monoisotopic (exact) mass is 232 g/mol. The van der Waals surface area contributed by atoms with E-state index in [0.717, 1.165) is 5.56 Å². The highest BCUT2D eigenvalue weighted by atomic mass is 16.5. The fourth-order valence-electron chi connectivity index (χ4n) is 1.61. The van der Waals surface area contributed by atoms with Crippen LogP contribution in [-0.4, -0.2) is 5.97 Å². The Hall–Kier alpha value is -1.57. The van der Waals surface area contributed by atoms with E-state index in [1.165, 1.54) is 0 Å². The maximum absolute atomic E-state index is 11.7. The summed E-state index contributed by atoms with van der Waals surface area (Å²) >= 11 is 0. The topological polar surface area (TPSA) is 26.3 Å². The largest absolute Gasteiger partial charge is 0.454 e. The SMILES string of the molecule is C=C(CC(C)C)C(=O)OC(C)c1ccccc1. The lowest BCUT2D eigenvalue weighted by Crippen LogP contribution is -2.12. The standard InChI is InChI=1S/C15H20O2/c1-11(2)10-12(3)15(16)17-13(4)14-8-6-5-7-9-14/h5-9,11,13H,3,10H2,1-2,4H3. The summed E-state index contributed by atoms with van der Waals surface area (Å²) in [6.07, 6.45) is 0.452. The molecule has 0 aromatic heterocycles. The molecule has 2 heteroatoms. The Balaban J connectivity index is 2.55. The number of benzene rings is 1. The van der Waals surface area contributed by atoms with Crippen LogP contribution in [0.5, 0.6) is 0 Å². The van der Waals surface area contributed by atoms with Crippen molar-refractivity contribution in [2.45, 2.75) is 33.3 Å². The maximum Gasteiger partial charge on any atom is 0.334 e. The summed E-state index contributed by atoms with van der Waals surface area (Å²) in [7, 11) is 0. The summed E-state index contributed by atoms with van der Waals surface area (Å²) in [4.78, 5) is 11.7. The lowest BCUT2D eigenvalue weighted by molar-refractivity contribution is -0.144. The zero-order valence-electron chi connectivity index (χ0n) is 10.8. The van der Waals surface area contributed by atoms with Crippen LogP contribution < -0.4 is 0 Å². The third-order valence-corrected chi connectivity index (χ3v) is 2.50. The summed E-state index contributed by atoms with van der Waals surface area (Å²) in [5.74, 6) is 0.122. The molecule has 0 saturated carbocycles. The smallest absolute Gasteiger partial charge is 0.334 e. The zero-order valence-corrected chi connectivity index (χ0v) is 10.8. The Labute approximate surface area is 103 Å². The minimum absolute atomic E-state index is 0.229. The first-order chi connectivity index (χ1) is 8.00. The maximum atomic E-state index is 11.7. The van der Waals surface area contributed by atoms with Crippen molar-refractivity contribution < 1.29 is 9.53 Å². The molecule has 0 radical (unpaired) electrons. The molecule has 0 bridgehead atoms. The van der Waals surface area contributed by atoms with Crippen LogP contribution in [0.4, 0.5) is 0 Å². The highest BCUT2D eigenvalue weighted by Gasteiger charge is 2.14. The molecule has 0 aliphatic rings. The number of carbonyl (C=O) groups is 1. The average molecular weight is 232 g/mol. The Morgan fingerprint density at radius 3 is 2.35 bits per heavy atom. The van der Waals surface area contributed by atoms with Gasteiger partial charge in [-0.25, -0.2) is 4.79 Å². The van der Waals surface area contributed by atoms with Crippen molar-refractivity contribution in [1.82, 2.24) is 0 Å². The molecule has 0 saturated heterocycles. The first kappa shape index (κ1) is 13.5. The van der Waals surface area contributed by atoms with Crippen LogP contribution >= 0.6 is 0 Å². The molecule has 1 aromatic rings. The fraction of sp³-hybridized carbons (Fsp3) is 0.400. The second-order valence-corrected chi connectivity index (χ2v) is 4.66. The molecule has 0 aliphatic heterocycles. The van der Waals surface area contributed by atoms with E-state index in [9.17, 15) is 4.79 Å². The number of esters is 1. The van der Waals surface area contributed by atoms with E-state index in [4.69, 9.17) is 4.74 Å². The normalized spacial score (nSPS) is 12.2. The summed E-state index contributed by atoms with van der Waals surface area (Å²) in [6, 6.07) is 9.70. The van der Waals surface area contributed by atoms with Crippen molar-refractivity contribution in [3.8, 4) is 0 Å². The van der Waals surface area contributed by atoms with Crippen molar-refractivity contribution in [2.24, 2.45) is 5.92 Å². The van der Waals surface area contributed by atoms with Gasteiger partial charge in [0.15, 0.2) is 0 Å². The van der Waals surface area contributed by atoms with Crippen molar-refractivity contribution in [1.29, 1.82) is 0 Å². The molecule has 1 rings (SSSR count). The van der Waals surface area contributed by atoms with Crippen LogP contribution in [0.3, 0.4) is 0 Å². The van der Waals surface area contributed by atoms with Crippen molar-refractivity contribution >= 4 is 5.97 Å². The minimum atomic E-state index is -0.296. The van der Waals surface area contributed by atoms with Crippen molar-refractivity contribution in [2.75, 3.05) is 0 Å². The lowest BCUT2D eigenvalue weighted by Gasteiger charge is -2.15. The van der Waals surface area contributed by atoms with Gasteiger partial charge in [0.25, 0.3) is 0 Å². The van der Waals surface area contributed by atoms with E-state index in [1.54, 1.807) is 0 Å². The van der Waals surface area contributed by atoms with Gasteiger partial charge in [0, 0.05) is 5.57 Å². The van der Waals surface area contributed by atoms with E-state index in [1.807, 2.05) is 37.3 Å². The molecule has 2 nitrogen and oxygen atoms in total. The van der Waals surface area contributed by atoms with Gasteiger partial charge in [0.1, 0.15) is 6.10 Å². The Morgan fingerprint density at radius 1 is 1.24 bits per heavy atom. The van der Waals surface area contributed by atoms with Gasteiger partial charge in [0.05, 0.1) is 0 Å². The van der Waals surface area contributed by atoms with Crippen LogP contribution in [-0.2, 0) is 9.53 Å². The molecular weight excluding hydrogens is 212 g/mol. The summed E-state index contributed by atoms with van der Waals surface area (Å²) in [6.45, 7) is 9.75. The Bertz CT molecular complexity index is 379. The Morgan fingerprint density at radius 2 is 1.82 bits per heavy atom. The van der Waals surface area contributed by atoms with Gasteiger partial charge < -0.3 is 4.74 Å². The van der Waals surface area contributed by atoms with Crippen LogP contribution in [0, 0.1) is 5.92 Å². The summed E-state index contributed by atoms with van der Waals surface area (Å²) in [5.41, 5.74) is 1.54. The lowest BCUT2D eigenvalue weighted by atomic mass is 10.0. The highest BCUT2D eigenvalue weighted by Crippen LogP contribution is 2.19. The van der Waals surface area contributed by atoms with Crippen molar-refractivity contribution in [3.63, 3.8) is 0 Å². The van der Waals surface area contributed by atoms with Gasteiger partial charge in [0.2, 0.25) is 0 Å². The van der Waals surface area contributed by atoms with Gasteiger partial charge in [-0.3, -0.25) is 0 Å². The van der Waals surface area contributed by atoms with Crippen LogP contribution in [0.2, 0.25) is 0 Å². The van der Waals surface area contributed by atoms with Gasteiger partial charge >= 0.3 is 5.97 Å². The molecule has 1 unspecified atom stereocenters. The van der Waals surface area contributed by atoms with Gasteiger partial charge in [-0.15, -0.1) is 0 Å². The van der Waals surface area contributed by atoms with Crippen molar-refractivity contribution in [3.05, 3.63) is 48.0 Å². The predicted molar refractivity (Wildman–Crippen MR) is 69.5 cm³/mol. The van der Waals surface area contributed by atoms with E-state index < -0.39 is 0 Å². The molecule has 0 aliphatic carbocycles. The third-order valence-electron chi connectivity index (χ3n) is 2.50. The number of rotatable bonds is 5. The molecule has 0 spiro atoms. The quantitative estimate of drug-likeness (QED) is 0.568. The molecular formula is C15H20O2. The Kier molecular flexibility index (Phi) is 4.95. The number of ether oxygens (including phenoxy) is 1. The highest BCUT2D eigenvalue weighted by molar-refractivity contribution is 5.87. The number of hydrogen-bond donors (Lipinski definition) is 0. The van der Waals surface area contributed by atoms with Gasteiger partial charge in [-0.2, -0.15) is 0 Å². The van der Waals surface area contributed by atoms with E-state index >= 15 is 0 Å². The van der Waals surface area contributed by atoms with Gasteiger partial charge in [-0.05, 0) is 24.8 Å². The molecule has 17 heavy (non-hydrogen) atoms. The van der Waals surface area contributed by atoms with E-state index in [0.29, 0.717) is 17.9 Å². The number of carbonyl (C=O) groups excluding carboxylic acids is 1. The van der Waals surface area contributed by atoms with E-state index in [2.05, 4.69) is 20.4 Å². The van der Waals surface area contributed by atoms with Crippen LogP contribution in [0.1, 0.15) is 38.9 Å². The van der Waals surface area contributed by atoms with Gasteiger partial charge in [-0.1, -0.05) is 50.8 Å². The summed E-state index contributed by atoms with van der Waals surface area (Å²) in [5, 5.41) is 0.